The van der Waals surface area contributed by atoms with Crippen molar-refractivity contribution in [2.75, 3.05) is 0 Å². The zero-order valence-corrected chi connectivity index (χ0v) is 8.09. The Morgan fingerprint density at radius 2 is 2.15 bits per heavy atom. The van der Waals surface area contributed by atoms with Gasteiger partial charge < -0.3 is 4.57 Å². The quantitative estimate of drug-likeness (QED) is 0.648. The molecule has 1 rings (SSSR count). The van der Waals surface area contributed by atoms with Crippen LogP contribution in [-0.4, -0.2) is 4.57 Å². The van der Waals surface area contributed by atoms with Crippen molar-refractivity contribution >= 4 is 0 Å². The van der Waals surface area contributed by atoms with E-state index < -0.39 is 0 Å². The minimum Gasteiger partial charge on any atom is -0.348 e. The smallest absolute Gasteiger partial charge is 0.199 e. The maximum Gasteiger partial charge on any atom is 0.199 e. The third-order valence-electron chi connectivity index (χ3n) is 2.21. The van der Waals surface area contributed by atoms with Gasteiger partial charge in [-0.15, -0.1) is 0 Å². The van der Waals surface area contributed by atoms with Gasteiger partial charge in [-0.2, -0.15) is 5.26 Å². The summed E-state index contributed by atoms with van der Waals surface area (Å²) in [6, 6.07) is 3.44. The Balaban J connectivity index is 3.60. The summed E-state index contributed by atoms with van der Waals surface area (Å²) in [5, 5.41) is 8.75. The lowest BCUT2D eigenvalue weighted by Crippen LogP contribution is -2.16. The zero-order valence-electron chi connectivity index (χ0n) is 8.09. The number of rotatable bonds is 1. The number of nitrogens with zero attached hydrogens (tertiary/aromatic N) is 2. The summed E-state index contributed by atoms with van der Waals surface area (Å²) < 4.78 is 1.96. The summed E-state index contributed by atoms with van der Waals surface area (Å²) in [6.45, 7) is 6.45. The van der Waals surface area contributed by atoms with Crippen LogP contribution < -0.4 is 5.43 Å². The average Bonchev–Trinajstić information content (AvgIpc) is 2.04. The molecule has 0 fully saturated rings. The van der Waals surface area contributed by atoms with Crippen molar-refractivity contribution in [1.29, 1.82) is 5.26 Å². The Hall–Kier alpha value is -1.56. The van der Waals surface area contributed by atoms with Gasteiger partial charge >= 0.3 is 0 Å². The second-order valence-corrected chi connectivity index (χ2v) is 2.97. The zero-order chi connectivity index (χ0) is 10.0. The van der Waals surface area contributed by atoms with Crippen LogP contribution in [-0.2, 0) is 6.54 Å². The van der Waals surface area contributed by atoms with Gasteiger partial charge in [-0.1, -0.05) is 0 Å². The maximum atomic E-state index is 11.3. The second kappa shape index (κ2) is 3.44. The summed E-state index contributed by atoms with van der Waals surface area (Å²) in [4.78, 5) is 11.3. The fourth-order valence-electron chi connectivity index (χ4n) is 1.54. The Kier molecular flexibility index (Phi) is 2.52. The summed E-state index contributed by atoms with van der Waals surface area (Å²) in [7, 11) is 0. The molecular formula is C10H12N2O. The summed E-state index contributed by atoms with van der Waals surface area (Å²) in [5.74, 6) is 0. The first kappa shape index (κ1) is 9.53. The summed E-state index contributed by atoms with van der Waals surface area (Å²) >= 11 is 0. The van der Waals surface area contributed by atoms with Gasteiger partial charge in [0, 0.05) is 24.0 Å². The predicted molar refractivity (Wildman–Crippen MR) is 50.6 cm³/mol. The third kappa shape index (κ3) is 1.48. The van der Waals surface area contributed by atoms with E-state index in [1.54, 1.807) is 6.92 Å². The molecule has 3 heteroatoms. The molecule has 0 N–H and O–H groups in total. The molecule has 0 unspecified atom stereocenters. The monoisotopic (exact) mass is 176 g/mol. The van der Waals surface area contributed by atoms with Crippen molar-refractivity contribution in [3.63, 3.8) is 0 Å². The average molecular weight is 176 g/mol. The van der Waals surface area contributed by atoms with Crippen molar-refractivity contribution in [2.45, 2.75) is 27.3 Å². The first-order valence-electron chi connectivity index (χ1n) is 4.23. The highest BCUT2D eigenvalue weighted by molar-refractivity contribution is 5.34. The Labute approximate surface area is 77.2 Å². The Morgan fingerprint density at radius 1 is 1.54 bits per heavy atom. The summed E-state index contributed by atoms with van der Waals surface area (Å²) in [5.41, 5.74) is 1.74. The van der Waals surface area contributed by atoms with Crippen LogP contribution in [0, 0.1) is 25.2 Å². The van der Waals surface area contributed by atoms with Crippen LogP contribution in [0.15, 0.2) is 10.9 Å². The van der Waals surface area contributed by atoms with Crippen LogP contribution in [0.5, 0.6) is 0 Å². The molecule has 1 aromatic rings. The molecule has 0 saturated heterocycles. The molecule has 0 aromatic carbocycles. The van der Waals surface area contributed by atoms with Crippen LogP contribution in [0.4, 0.5) is 0 Å². The van der Waals surface area contributed by atoms with E-state index in [4.69, 9.17) is 5.26 Å². The largest absolute Gasteiger partial charge is 0.348 e. The highest BCUT2D eigenvalue weighted by atomic mass is 16.1. The van der Waals surface area contributed by atoms with E-state index >= 15 is 0 Å². The highest BCUT2D eigenvalue weighted by Gasteiger charge is 2.07. The van der Waals surface area contributed by atoms with Gasteiger partial charge in [-0.3, -0.25) is 4.79 Å². The SMILES string of the molecule is CCn1c(C)cc(=O)c(C#N)c1C. The van der Waals surface area contributed by atoms with Gasteiger partial charge in [-0.25, -0.2) is 0 Å². The first-order valence-corrected chi connectivity index (χ1v) is 4.23. The van der Waals surface area contributed by atoms with Gasteiger partial charge in [0.15, 0.2) is 5.43 Å². The summed E-state index contributed by atoms with van der Waals surface area (Å²) in [6.07, 6.45) is 0. The van der Waals surface area contributed by atoms with E-state index in [9.17, 15) is 4.79 Å². The minimum absolute atomic E-state index is 0.179. The molecule has 13 heavy (non-hydrogen) atoms. The molecular weight excluding hydrogens is 164 g/mol. The van der Waals surface area contributed by atoms with E-state index in [1.165, 1.54) is 6.07 Å². The molecule has 0 aliphatic carbocycles. The number of nitriles is 1. The molecule has 0 saturated carbocycles. The molecule has 0 radical (unpaired) electrons. The van der Waals surface area contributed by atoms with Crippen molar-refractivity contribution in [2.24, 2.45) is 0 Å². The highest BCUT2D eigenvalue weighted by Crippen LogP contribution is 2.05. The molecule has 1 aromatic heterocycles. The predicted octanol–water partition coefficient (Wildman–Crippen LogP) is 1.36. The second-order valence-electron chi connectivity index (χ2n) is 2.97. The third-order valence-corrected chi connectivity index (χ3v) is 2.21. The molecule has 0 amide bonds. The van der Waals surface area contributed by atoms with Gasteiger partial charge in [0.2, 0.25) is 0 Å². The van der Waals surface area contributed by atoms with Crippen LogP contribution >= 0.6 is 0 Å². The Bertz CT molecular complexity index is 424. The molecule has 0 aliphatic heterocycles. The molecule has 0 atom stereocenters. The fourth-order valence-corrected chi connectivity index (χ4v) is 1.54. The van der Waals surface area contributed by atoms with Gasteiger partial charge in [0.05, 0.1) is 0 Å². The van der Waals surface area contributed by atoms with E-state index in [2.05, 4.69) is 0 Å². The standard InChI is InChI=1S/C10H12N2O/c1-4-12-7(2)5-10(13)9(6-11)8(12)3/h5H,4H2,1-3H3. The van der Waals surface area contributed by atoms with E-state index in [-0.39, 0.29) is 11.0 Å². The topological polar surface area (TPSA) is 45.8 Å². The molecule has 0 bridgehead atoms. The molecule has 68 valence electrons. The lowest BCUT2D eigenvalue weighted by Gasteiger charge is -2.12. The number of aryl methyl sites for hydroxylation is 1. The number of hydrogen-bond acceptors (Lipinski definition) is 2. The maximum absolute atomic E-state index is 11.3. The van der Waals surface area contributed by atoms with E-state index in [1.807, 2.05) is 24.5 Å². The minimum atomic E-state index is -0.179. The molecule has 0 aliphatic rings. The van der Waals surface area contributed by atoms with Crippen LogP contribution in [0.1, 0.15) is 23.9 Å². The number of pyridine rings is 1. The van der Waals surface area contributed by atoms with E-state index in [0.717, 1.165) is 17.9 Å². The van der Waals surface area contributed by atoms with Crippen molar-refractivity contribution in [1.82, 2.24) is 4.57 Å². The molecule has 0 spiro atoms. The lowest BCUT2D eigenvalue weighted by molar-refractivity contribution is 0.697. The van der Waals surface area contributed by atoms with E-state index in [0.29, 0.717) is 0 Å². The van der Waals surface area contributed by atoms with Crippen LogP contribution in [0.25, 0.3) is 0 Å². The molecule has 3 nitrogen and oxygen atoms in total. The number of aromatic nitrogens is 1. The van der Waals surface area contributed by atoms with Gasteiger partial charge in [0.25, 0.3) is 0 Å². The first-order chi connectivity index (χ1) is 6.11. The fraction of sp³-hybridized carbons (Fsp3) is 0.400. The van der Waals surface area contributed by atoms with Crippen molar-refractivity contribution in [3.8, 4) is 6.07 Å². The van der Waals surface area contributed by atoms with Crippen LogP contribution in [0.3, 0.4) is 0 Å². The lowest BCUT2D eigenvalue weighted by atomic mass is 10.2. The number of hydrogen-bond donors (Lipinski definition) is 0. The normalized spacial score (nSPS) is 9.69. The van der Waals surface area contributed by atoms with Crippen molar-refractivity contribution in [3.05, 3.63) is 33.2 Å². The van der Waals surface area contributed by atoms with Crippen molar-refractivity contribution < 1.29 is 0 Å². The van der Waals surface area contributed by atoms with Crippen LogP contribution in [0.2, 0.25) is 0 Å². The Morgan fingerprint density at radius 3 is 2.62 bits per heavy atom. The molecule has 1 heterocycles. The van der Waals surface area contributed by atoms with Gasteiger partial charge in [0.1, 0.15) is 11.6 Å². The van der Waals surface area contributed by atoms with Gasteiger partial charge in [-0.05, 0) is 20.8 Å².